The Bertz CT molecular complexity index is 1150. The zero-order valence-electron chi connectivity index (χ0n) is 15.9. The molecule has 1 amide bonds. The van der Waals surface area contributed by atoms with E-state index in [0.717, 1.165) is 60.4 Å². The largest absolute Gasteiger partial charge is 0.345 e. The summed E-state index contributed by atoms with van der Waals surface area (Å²) in [5.74, 6) is 1.74. The molecular formula is C22H23N5O. The van der Waals surface area contributed by atoms with Gasteiger partial charge in [0.05, 0.1) is 28.4 Å². The first kappa shape index (κ1) is 17.0. The third kappa shape index (κ3) is 2.95. The van der Waals surface area contributed by atoms with Crippen molar-refractivity contribution in [3.8, 4) is 0 Å². The fourth-order valence-electron chi connectivity index (χ4n) is 4.25. The second kappa shape index (κ2) is 6.78. The third-order valence-electron chi connectivity index (χ3n) is 5.86. The molecule has 3 heterocycles. The number of imidazole rings is 2. The minimum Gasteiger partial charge on any atom is -0.345 e. The number of piperidine rings is 1. The minimum absolute atomic E-state index is 0.110. The van der Waals surface area contributed by atoms with Crippen LogP contribution in [0.5, 0.6) is 0 Å². The van der Waals surface area contributed by atoms with Gasteiger partial charge in [-0.2, -0.15) is 0 Å². The highest BCUT2D eigenvalue weighted by Gasteiger charge is 2.25. The molecule has 0 spiro atoms. The lowest BCUT2D eigenvalue weighted by Gasteiger charge is -2.32. The summed E-state index contributed by atoms with van der Waals surface area (Å²) in [6.45, 7) is 4.64. The number of aryl methyl sites for hydroxylation is 1. The molecule has 6 heteroatoms. The number of fused-ring (bicyclic) bond motifs is 2. The molecular weight excluding hydrogens is 350 g/mol. The van der Waals surface area contributed by atoms with Gasteiger partial charge in [-0.3, -0.25) is 4.79 Å². The predicted octanol–water partition coefficient (Wildman–Crippen LogP) is 3.77. The maximum atomic E-state index is 12.9. The molecule has 0 radical (unpaired) electrons. The van der Waals surface area contributed by atoms with Crippen LogP contribution >= 0.6 is 0 Å². The maximum absolute atomic E-state index is 12.9. The van der Waals surface area contributed by atoms with Gasteiger partial charge in [0.15, 0.2) is 0 Å². The molecule has 2 aromatic carbocycles. The van der Waals surface area contributed by atoms with Gasteiger partial charge < -0.3 is 14.5 Å². The number of benzene rings is 2. The average molecular weight is 373 g/mol. The number of hydrogen-bond acceptors (Lipinski definition) is 3. The lowest BCUT2D eigenvalue weighted by molar-refractivity contribution is 0.0683. The van der Waals surface area contributed by atoms with E-state index in [1.807, 2.05) is 29.2 Å². The maximum Gasteiger partial charge on any atom is 0.253 e. The lowest BCUT2D eigenvalue weighted by Crippen LogP contribution is -2.39. The van der Waals surface area contributed by atoms with Gasteiger partial charge in [0, 0.05) is 25.2 Å². The standard InChI is InChI=1S/C22H23N5O/c1-15-25-19-4-2-3-5-21(19)27(15)13-16-8-10-26(11-9-16)22(28)17-6-7-18-20(12-17)24-14-23-18/h2-7,12,14,16H,8-11,13H2,1H3,(H,23,24). The van der Waals surface area contributed by atoms with Crippen molar-refractivity contribution < 1.29 is 4.79 Å². The fraction of sp³-hybridized carbons (Fsp3) is 0.318. The summed E-state index contributed by atoms with van der Waals surface area (Å²) in [7, 11) is 0. The lowest BCUT2D eigenvalue weighted by atomic mass is 9.96. The molecule has 0 unspecified atom stereocenters. The molecule has 28 heavy (non-hydrogen) atoms. The molecule has 1 aliphatic rings. The molecule has 1 saturated heterocycles. The van der Waals surface area contributed by atoms with Crippen LogP contribution in [0.4, 0.5) is 0 Å². The number of carbonyl (C=O) groups excluding carboxylic acids is 1. The van der Waals surface area contributed by atoms with Gasteiger partial charge in [-0.05, 0) is 56.0 Å². The normalized spacial score (nSPS) is 15.5. The molecule has 0 saturated carbocycles. The number of aromatic nitrogens is 4. The minimum atomic E-state index is 0.110. The topological polar surface area (TPSA) is 66.8 Å². The van der Waals surface area contributed by atoms with Crippen molar-refractivity contribution in [3.05, 3.63) is 60.2 Å². The number of amides is 1. The molecule has 0 atom stereocenters. The second-order valence-electron chi connectivity index (χ2n) is 7.63. The molecule has 1 aliphatic heterocycles. The molecule has 142 valence electrons. The quantitative estimate of drug-likeness (QED) is 0.594. The van der Waals surface area contributed by atoms with Gasteiger partial charge in [0.2, 0.25) is 0 Å². The number of aromatic amines is 1. The number of H-pyrrole nitrogens is 1. The highest BCUT2D eigenvalue weighted by atomic mass is 16.2. The number of carbonyl (C=O) groups is 1. The summed E-state index contributed by atoms with van der Waals surface area (Å²) >= 11 is 0. The second-order valence-corrected chi connectivity index (χ2v) is 7.63. The molecule has 0 aliphatic carbocycles. The molecule has 1 N–H and O–H groups in total. The molecule has 5 rings (SSSR count). The van der Waals surface area contributed by atoms with E-state index >= 15 is 0 Å². The number of likely N-dealkylation sites (tertiary alicyclic amines) is 1. The van der Waals surface area contributed by atoms with E-state index in [1.54, 1.807) is 6.33 Å². The average Bonchev–Trinajstić information content (AvgIpc) is 3.32. The monoisotopic (exact) mass is 373 g/mol. The smallest absolute Gasteiger partial charge is 0.253 e. The van der Waals surface area contributed by atoms with Crippen molar-refractivity contribution in [2.24, 2.45) is 5.92 Å². The van der Waals surface area contributed by atoms with Gasteiger partial charge in [-0.25, -0.2) is 9.97 Å². The van der Waals surface area contributed by atoms with Crippen LogP contribution < -0.4 is 0 Å². The Balaban J connectivity index is 1.27. The summed E-state index contributed by atoms with van der Waals surface area (Å²) in [4.78, 5) is 26.8. The molecule has 1 fully saturated rings. The Labute approximate surface area is 163 Å². The first-order valence-electron chi connectivity index (χ1n) is 9.83. The van der Waals surface area contributed by atoms with Gasteiger partial charge in [0.25, 0.3) is 5.91 Å². The number of nitrogens with zero attached hydrogens (tertiary/aromatic N) is 4. The van der Waals surface area contributed by atoms with Crippen LogP contribution in [0.3, 0.4) is 0 Å². The SMILES string of the molecule is Cc1nc2ccccc2n1CC1CCN(C(=O)c2ccc3nc[nH]c3c2)CC1. The first-order chi connectivity index (χ1) is 13.7. The number of rotatable bonds is 3. The summed E-state index contributed by atoms with van der Waals surface area (Å²) in [6.07, 6.45) is 3.69. The van der Waals surface area contributed by atoms with Crippen LogP contribution in [0.1, 0.15) is 29.0 Å². The van der Waals surface area contributed by atoms with E-state index in [1.165, 1.54) is 5.52 Å². The van der Waals surface area contributed by atoms with E-state index in [4.69, 9.17) is 0 Å². The van der Waals surface area contributed by atoms with Crippen molar-refractivity contribution in [2.75, 3.05) is 13.1 Å². The third-order valence-corrected chi connectivity index (χ3v) is 5.86. The van der Waals surface area contributed by atoms with Gasteiger partial charge >= 0.3 is 0 Å². The zero-order valence-corrected chi connectivity index (χ0v) is 15.9. The summed E-state index contributed by atoms with van der Waals surface area (Å²) in [6, 6.07) is 14.0. The van der Waals surface area contributed by atoms with Crippen LogP contribution in [0, 0.1) is 12.8 Å². The van der Waals surface area contributed by atoms with E-state index in [-0.39, 0.29) is 5.91 Å². The number of para-hydroxylation sites is 2. The Morgan fingerprint density at radius 1 is 1.14 bits per heavy atom. The van der Waals surface area contributed by atoms with E-state index in [0.29, 0.717) is 5.92 Å². The van der Waals surface area contributed by atoms with Crippen molar-refractivity contribution >= 4 is 28.0 Å². The highest BCUT2D eigenvalue weighted by Crippen LogP contribution is 2.24. The van der Waals surface area contributed by atoms with Gasteiger partial charge in [-0.15, -0.1) is 0 Å². The van der Waals surface area contributed by atoms with Crippen LogP contribution in [-0.2, 0) is 6.54 Å². The molecule has 4 aromatic rings. The number of hydrogen-bond donors (Lipinski definition) is 1. The number of nitrogens with one attached hydrogen (secondary N) is 1. The summed E-state index contributed by atoms with van der Waals surface area (Å²) in [5.41, 5.74) is 4.78. The van der Waals surface area contributed by atoms with E-state index in [9.17, 15) is 4.79 Å². The molecule has 0 bridgehead atoms. The van der Waals surface area contributed by atoms with Crippen molar-refractivity contribution in [3.63, 3.8) is 0 Å². The molecule has 6 nitrogen and oxygen atoms in total. The van der Waals surface area contributed by atoms with Crippen LogP contribution in [0.2, 0.25) is 0 Å². The van der Waals surface area contributed by atoms with Gasteiger partial charge in [-0.1, -0.05) is 12.1 Å². The van der Waals surface area contributed by atoms with Crippen molar-refractivity contribution in [1.82, 2.24) is 24.4 Å². The predicted molar refractivity (Wildman–Crippen MR) is 109 cm³/mol. The molecule has 2 aromatic heterocycles. The Morgan fingerprint density at radius 2 is 1.96 bits per heavy atom. The van der Waals surface area contributed by atoms with Crippen molar-refractivity contribution in [1.29, 1.82) is 0 Å². The Morgan fingerprint density at radius 3 is 2.82 bits per heavy atom. The Kier molecular flexibility index (Phi) is 4.11. The Hall–Kier alpha value is -3.15. The van der Waals surface area contributed by atoms with E-state index < -0.39 is 0 Å². The van der Waals surface area contributed by atoms with E-state index in [2.05, 4.69) is 44.6 Å². The van der Waals surface area contributed by atoms with Crippen LogP contribution in [0.15, 0.2) is 48.8 Å². The fourth-order valence-corrected chi connectivity index (χ4v) is 4.25. The first-order valence-corrected chi connectivity index (χ1v) is 9.83. The highest BCUT2D eigenvalue weighted by molar-refractivity contribution is 5.97. The van der Waals surface area contributed by atoms with Crippen LogP contribution in [0.25, 0.3) is 22.1 Å². The van der Waals surface area contributed by atoms with Crippen molar-refractivity contribution in [2.45, 2.75) is 26.3 Å². The summed E-state index contributed by atoms with van der Waals surface area (Å²) < 4.78 is 2.32. The van der Waals surface area contributed by atoms with Crippen LogP contribution in [-0.4, -0.2) is 43.4 Å². The zero-order chi connectivity index (χ0) is 19.1. The van der Waals surface area contributed by atoms with Gasteiger partial charge in [0.1, 0.15) is 5.82 Å². The summed E-state index contributed by atoms with van der Waals surface area (Å²) in [5, 5.41) is 0.